The number of hydrogen-bond donors (Lipinski definition) is 1. The van der Waals surface area contributed by atoms with Gasteiger partial charge in [-0.2, -0.15) is 0 Å². The van der Waals surface area contributed by atoms with Crippen LogP contribution in [0.5, 0.6) is 0 Å². The lowest BCUT2D eigenvalue weighted by molar-refractivity contribution is -0.118. The van der Waals surface area contributed by atoms with Crippen molar-refractivity contribution in [3.05, 3.63) is 60.2 Å². The molecule has 2 rings (SSSR count). The van der Waals surface area contributed by atoms with Crippen molar-refractivity contribution in [2.24, 2.45) is 5.92 Å². The van der Waals surface area contributed by atoms with Crippen LogP contribution in [-0.2, 0) is 14.8 Å². The summed E-state index contributed by atoms with van der Waals surface area (Å²) in [5, 5.41) is 2.92. The molecule has 0 saturated heterocycles. The van der Waals surface area contributed by atoms with Crippen LogP contribution in [0.1, 0.15) is 31.7 Å². The zero-order valence-corrected chi connectivity index (χ0v) is 16.5. The van der Waals surface area contributed by atoms with E-state index in [1.54, 1.807) is 12.1 Å². The molecule has 0 bridgehead atoms. The van der Waals surface area contributed by atoms with E-state index in [9.17, 15) is 13.2 Å². The van der Waals surface area contributed by atoms with E-state index in [2.05, 4.69) is 19.2 Å². The summed E-state index contributed by atoms with van der Waals surface area (Å²) in [7, 11) is -0.503. The number of sulfonamides is 1. The van der Waals surface area contributed by atoms with E-state index in [4.69, 9.17) is 0 Å². The normalized spacial score (nSPS) is 14.0. The Hall–Kier alpha value is -2.18. The molecule has 0 spiro atoms. The number of carbonyl (C=O) groups is 1. The predicted octanol–water partition coefficient (Wildman–Crippen LogP) is 3.71. The number of amides is 1. The first-order valence-electron chi connectivity index (χ1n) is 8.65. The molecule has 1 N–H and O–H groups in total. The van der Waals surface area contributed by atoms with E-state index in [1.807, 2.05) is 30.3 Å². The Balaban J connectivity index is 2.22. The standard InChI is InChI=1S/C20H26N2O3S/c1-5-15(2)19(16-9-7-6-8-10-16)20(23)21-17-11-13-18(14-12-17)26(24,25)22(3)4/h6-15,19H,5H2,1-4H3,(H,21,23)/t15-,19+/m0/s1. The van der Waals surface area contributed by atoms with E-state index < -0.39 is 10.0 Å². The summed E-state index contributed by atoms with van der Waals surface area (Å²) in [6, 6.07) is 16.0. The Bertz CT molecular complexity index is 831. The van der Waals surface area contributed by atoms with Crippen LogP contribution in [-0.4, -0.2) is 32.7 Å². The third kappa shape index (κ3) is 4.51. The number of anilines is 1. The van der Waals surface area contributed by atoms with Gasteiger partial charge >= 0.3 is 0 Å². The lowest BCUT2D eigenvalue weighted by atomic mass is 9.85. The molecule has 2 aromatic rings. The van der Waals surface area contributed by atoms with Gasteiger partial charge in [-0.25, -0.2) is 12.7 Å². The summed E-state index contributed by atoms with van der Waals surface area (Å²) in [6.45, 7) is 4.12. The maximum absolute atomic E-state index is 12.9. The van der Waals surface area contributed by atoms with Crippen LogP contribution in [0.2, 0.25) is 0 Å². The molecule has 6 heteroatoms. The monoisotopic (exact) mass is 374 g/mol. The minimum Gasteiger partial charge on any atom is -0.326 e. The molecular weight excluding hydrogens is 348 g/mol. The van der Waals surface area contributed by atoms with Crippen LogP contribution >= 0.6 is 0 Å². The molecular formula is C20H26N2O3S. The average molecular weight is 375 g/mol. The molecule has 0 heterocycles. The molecule has 1 amide bonds. The van der Waals surface area contributed by atoms with Crippen molar-refractivity contribution >= 4 is 21.6 Å². The first-order valence-corrected chi connectivity index (χ1v) is 10.1. The maximum atomic E-state index is 12.9. The van der Waals surface area contributed by atoms with E-state index in [0.717, 1.165) is 16.3 Å². The summed E-state index contributed by atoms with van der Waals surface area (Å²) < 4.78 is 25.4. The van der Waals surface area contributed by atoms with Gasteiger partial charge in [0.2, 0.25) is 15.9 Å². The summed E-state index contributed by atoms with van der Waals surface area (Å²) in [4.78, 5) is 13.1. The molecule has 0 aliphatic rings. The SMILES string of the molecule is CC[C@H](C)[C@@H](C(=O)Nc1ccc(S(=O)(=O)N(C)C)cc1)c1ccccc1. The summed E-state index contributed by atoms with van der Waals surface area (Å²) in [5.41, 5.74) is 1.56. The Kier molecular flexibility index (Phi) is 6.56. The highest BCUT2D eigenvalue weighted by Gasteiger charge is 2.26. The highest BCUT2D eigenvalue weighted by molar-refractivity contribution is 7.89. The summed E-state index contributed by atoms with van der Waals surface area (Å²) in [5.74, 6) is -0.161. The third-order valence-electron chi connectivity index (χ3n) is 4.55. The predicted molar refractivity (Wildman–Crippen MR) is 105 cm³/mol. The van der Waals surface area contributed by atoms with Crippen molar-refractivity contribution in [2.45, 2.75) is 31.1 Å². The average Bonchev–Trinajstić information content (AvgIpc) is 2.63. The molecule has 2 atom stereocenters. The lowest BCUT2D eigenvalue weighted by Crippen LogP contribution is -2.26. The second-order valence-electron chi connectivity index (χ2n) is 6.57. The van der Waals surface area contributed by atoms with Gasteiger partial charge in [-0.1, -0.05) is 50.6 Å². The van der Waals surface area contributed by atoms with Crippen LogP contribution in [0, 0.1) is 5.92 Å². The van der Waals surface area contributed by atoms with Gasteiger partial charge in [0.1, 0.15) is 0 Å². The number of carbonyl (C=O) groups excluding carboxylic acids is 1. The van der Waals surface area contributed by atoms with E-state index in [0.29, 0.717) is 5.69 Å². The molecule has 0 aromatic heterocycles. The van der Waals surface area contributed by atoms with Crippen molar-refractivity contribution in [1.82, 2.24) is 4.31 Å². The molecule has 140 valence electrons. The molecule has 0 saturated carbocycles. The fourth-order valence-electron chi connectivity index (χ4n) is 2.78. The highest BCUT2D eigenvalue weighted by atomic mass is 32.2. The zero-order chi connectivity index (χ0) is 19.3. The number of nitrogens with zero attached hydrogens (tertiary/aromatic N) is 1. The summed E-state index contributed by atoms with van der Waals surface area (Å²) in [6.07, 6.45) is 0.882. The van der Waals surface area contributed by atoms with Gasteiger partial charge in [0.05, 0.1) is 10.8 Å². The van der Waals surface area contributed by atoms with E-state index in [-0.39, 0.29) is 22.6 Å². The van der Waals surface area contributed by atoms with Gasteiger partial charge in [-0.3, -0.25) is 4.79 Å². The van der Waals surface area contributed by atoms with Gasteiger partial charge < -0.3 is 5.32 Å². The summed E-state index contributed by atoms with van der Waals surface area (Å²) >= 11 is 0. The van der Waals surface area contributed by atoms with Crippen molar-refractivity contribution in [3.63, 3.8) is 0 Å². The number of hydrogen-bond acceptors (Lipinski definition) is 3. The number of nitrogens with one attached hydrogen (secondary N) is 1. The highest BCUT2D eigenvalue weighted by Crippen LogP contribution is 2.28. The number of rotatable bonds is 7. The smallest absolute Gasteiger partial charge is 0.242 e. The molecule has 0 fully saturated rings. The Morgan fingerprint density at radius 1 is 1.04 bits per heavy atom. The quantitative estimate of drug-likeness (QED) is 0.803. The minimum absolute atomic E-state index is 0.0891. The molecule has 0 unspecified atom stereocenters. The molecule has 2 aromatic carbocycles. The topological polar surface area (TPSA) is 66.5 Å². The van der Waals surface area contributed by atoms with Gasteiger partial charge in [0, 0.05) is 19.8 Å². The Morgan fingerprint density at radius 2 is 1.62 bits per heavy atom. The molecule has 5 nitrogen and oxygen atoms in total. The minimum atomic E-state index is -3.48. The molecule has 0 aliphatic heterocycles. The third-order valence-corrected chi connectivity index (χ3v) is 6.38. The van der Waals surface area contributed by atoms with Crippen LogP contribution < -0.4 is 5.32 Å². The molecule has 26 heavy (non-hydrogen) atoms. The van der Waals surface area contributed by atoms with Crippen molar-refractivity contribution in [2.75, 3.05) is 19.4 Å². The van der Waals surface area contributed by atoms with E-state index >= 15 is 0 Å². The van der Waals surface area contributed by atoms with Crippen molar-refractivity contribution < 1.29 is 13.2 Å². The Labute approximate surface area is 156 Å². The maximum Gasteiger partial charge on any atom is 0.242 e. The fraction of sp³-hybridized carbons (Fsp3) is 0.350. The van der Waals surface area contributed by atoms with Crippen molar-refractivity contribution in [1.29, 1.82) is 0 Å². The van der Waals surface area contributed by atoms with E-state index in [1.165, 1.54) is 26.2 Å². The van der Waals surface area contributed by atoms with Gasteiger partial charge in [-0.15, -0.1) is 0 Å². The first kappa shape index (κ1) is 20.1. The fourth-order valence-corrected chi connectivity index (χ4v) is 3.68. The largest absolute Gasteiger partial charge is 0.326 e. The molecule has 0 radical (unpaired) electrons. The molecule has 0 aliphatic carbocycles. The van der Waals surface area contributed by atoms with Crippen LogP contribution in [0.4, 0.5) is 5.69 Å². The first-order chi connectivity index (χ1) is 12.3. The van der Waals surface area contributed by atoms with Crippen molar-refractivity contribution in [3.8, 4) is 0 Å². The van der Waals surface area contributed by atoms with Gasteiger partial charge in [0.15, 0.2) is 0 Å². The van der Waals surface area contributed by atoms with Crippen LogP contribution in [0.3, 0.4) is 0 Å². The number of benzene rings is 2. The van der Waals surface area contributed by atoms with Crippen LogP contribution in [0.25, 0.3) is 0 Å². The van der Waals surface area contributed by atoms with Crippen LogP contribution in [0.15, 0.2) is 59.5 Å². The van der Waals surface area contributed by atoms with Gasteiger partial charge in [0.25, 0.3) is 0 Å². The lowest BCUT2D eigenvalue weighted by Gasteiger charge is -2.23. The Morgan fingerprint density at radius 3 is 2.12 bits per heavy atom. The zero-order valence-electron chi connectivity index (χ0n) is 15.6. The van der Waals surface area contributed by atoms with Gasteiger partial charge in [-0.05, 0) is 35.7 Å². The second kappa shape index (κ2) is 8.47. The second-order valence-corrected chi connectivity index (χ2v) is 8.73.